The number of carbonyl (C=O) groups excluding carboxylic acids is 2. The first-order valence-electron chi connectivity index (χ1n) is 12.9. The zero-order chi connectivity index (χ0) is 29.5. The Morgan fingerprint density at radius 3 is 2.30 bits per heavy atom. The molecule has 0 spiro atoms. The maximum Gasteiger partial charge on any atom is 0.433 e. The number of carboxylic acid groups (broad SMARTS) is 1. The molecule has 1 atom stereocenters. The summed E-state index contributed by atoms with van der Waals surface area (Å²) in [5.41, 5.74) is -3.85. The number of Topliss-reactive ketones (excluding diaryl/α,β-unsaturated/α-hetero) is 1. The Morgan fingerprint density at radius 2 is 1.77 bits per heavy atom. The Hall–Kier alpha value is -2.63. The van der Waals surface area contributed by atoms with E-state index in [1.54, 1.807) is 19.9 Å². The second-order valence-corrected chi connectivity index (χ2v) is 11.8. The van der Waals surface area contributed by atoms with Crippen molar-refractivity contribution in [3.63, 3.8) is 0 Å². The van der Waals surface area contributed by atoms with Gasteiger partial charge in [0.1, 0.15) is 0 Å². The largest absolute Gasteiger partial charge is 0.481 e. The smallest absolute Gasteiger partial charge is 0.433 e. The fourth-order valence-corrected chi connectivity index (χ4v) is 6.14. The molecule has 1 aromatic heterocycles. The fourth-order valence-electron chi connectivity index (χ4n) is 5.53. The van der Waals surface area contributed by atoms with E-state index in [1.165, 1.54) is 12.1 Å². The van der Waals surface area contributed by atoms with E-state index < -0.39 is 58.7 Å². The van der Waals surface area contributed by atoms with E-state index in [-0.39, 0.29) is 47.8 Å². The number of hydrogen-bond donors (Lipinski definition) is 1. The van der Waals surface area contributed by atoms with Crippen molar-refractivity contribution in [2.45, 2.75) is 70.2 Å². The highest BCUT2D eigenvalue weighted by molar-refractivity contribution is 6.40. The molecule has 218 valence electrons. The Kier molecular flexibility index (Phi) is 8.59. The number of aliphatic carboxylic acids is 1. The van der Waals surface area contributed by atoms with E-state index in [9.17, 15) is 32.7 Å². The first kappa shape index (κ1) is 30.3. The average molecular weight is 604 g/mol. The lowest BCUT2D eigenvalue weighted by atomic mass is 9.74. The molecule has 1 aromatic carbocycles. The normalized spacial score (nSPS) is 25.1. The molecule has 2 fully saturated rings. The summed E-state index contributed by atoms with van der Waals surface area (Å²) in [6.07, 6.45) is -2.18. The van der Waals surface area contributed by atoms with Crippen LogP contribution in [0.4, 0.5) is 13.2 Å². The molecule has 1 saturated heterocycles. The minimum atomic E-state index is -4.94. The summed E-state index contributed by atoms with van der Waals surface area (Å²) in [6, 6.07) is 3.73. The summed E-state index contributed by atoms with van der Waals surface area (Å²) in [5.74, 6) is -2.66. The highest BCUT2D eigenvalue weighted by Gasteiger charge is 2.46. The minimum absolute atomic E-state index is 0.0310. The molecular formula is C27H30Cl2F3N3O5. The molecule has 0 unspecified atom stereocenters. The molecule has 1 aliphatic heterocycles. The Bertz CT molecular complexity index is 1280. The molecule has 40 heavy (non-hydrogen) atoms. The number of carbonyl (C=O) groups is 3. The summed E-state index contributed by atoms with van der Waals surface area (Å²) < 4.78 is 50.0. The van der Waals surface area contributed by atoms with Crippen LogP contribution in [-0.4, -0.2) is 62.7 Å². The average Bonchev–Trinajstić information content (AvgIpc) is 3.50. The number of aromatic nitrogens is 2. The molecule has 2 aromatic rings. The molecule has 4 rings (SSSR count). The molecule has 1 aliphatic carbocycles. The number of alkyl halides is 3. The van der Waals surface area contributed by atoms with Crippen molar-refractivity contribution >= 4 is 40.9 Å². The number of benzene rings is 1. The SMILES string of the molecule is C[C@@]1(CN(CC(=O)c2c(Cl)cccc2Cl)C(=O)c2cnn([C@H]3CC[C@](C)(C(=O)O)CC3)c2C(F)(F)F)CCCO1. The third-order valence-corrected chi connectivity index (χ3v) is 8.53. The standard InChI is InChI=1S/C27H30Cl2F3N3O5/c1-25(24(38)39)10-7-16(8-11-25)35-22(27(30,31)32)17(13-33-35)23(37)34(15-26(2)9-4-12-40-26)14-20(36)21-18(28)5-3-6-19(21)29/h3,5-6,13,16H,4,7-12,14-15H2,1-2H3,(H,38,39)/t16-,25-,26-/m0/s1. The van der Waals surface area contributed by atoms with Gasteiger partial charge in [0, 0.05) is 6.61 Å². The van der Waals surface area contributed by atoms with Gasteiger partial charge < -0.3 is 14.7 Å². The van der Waals surface area contributed by atoms with Crippen LogP contribution in [0.15, 0.2) is 24.4 Å². The van der Waals surface area contributed by atoms with E-state index in [4.69, 9.17) is 27.9 Å². The van der Waals surface area contributed by atoms with Gasteiger partial charge in [0.15, 0.2) is 11.5 Å². The lowest BCUT2D eigenvalue weighted by Gasteiger charge is -2.35. The predicted molar refractivity (Wildman–Crippen MR) is 141 cm³/mol. The molecule has 8 nitrogen and oxygen atoms in total. The summed E-state index contributed by atoms with van der Waals surface area (Å²) >= 11 is 12.4. The molecular weight excluding hydrogens is 574 g/mol. The van der Waals surface area contributed by atoms with Crippen molar-refractivity contribution in [1.82, 2.24) is 14.7 Å². The molecule has 1 saturated carbocycles. The third-order valence-electron chi connectivity index (χ3n) is 7.90. The quantitative estimate of drug-likeness (QED) is 0.355. The number of ether oxygens (including phenoxy) is 1. The fraction of sp³-hybridized carbons (Fsp3) is 0.556. The van der Waals surface area contributed by atoms with Gasteiger partial charge in [-0.3, -0.25) is 19.1 Å². The van der Waals surface area contributed by atoms with Crippen LogP contribution in [0.1, 0.15) is 84.8 Å². The number of hydrogen-bond acceptors (Lipinski definition) is 5. The second-order valence-electron chi connectivity index (χ2n) is 11.0. The van der Waals surface area contributed by atoms with Gasteiger partial charge in [-0.2, -0.15) is 18.3 Å². The zero-order valence-corrected chi connectivity index (χ0v) is 23.6. The van der Waals surface area contributed by atoms with Crippen molar-refractivity contribution < 1.29 is 37.4 Å². The van der Waals surface area contributed by atoms with Crippen LogP contribution in [0.25, 0.3) is 0 Å². The topological polar surface area (TPSA) is 102 Å². The van der Waals surface area contributed by atoms with Crippen LogP contribution in [-0.2, 0) is 15.7 Å². The number of carboxylic acids is 1. The summed E-state index contributed by atoms with van der Waals surface area (Å²) in [7, 11) is 0. The third kappa shape index (κ3) is 6.16. The maximum atomic E-state index is 14.5. The van der Waals surface area contributed by atoms with E-state index in [0.717, 1.165) is 15.8 Å². The van der Waals surface area contributed by atoms with Gasteiger partial charge in [-0.05, 0) is 64.5 Å². The molecule has 1 N–H and O–H groups in total. The van der Waals surface area contributed by atoms with Crippen LogP contribution in [0.3, 0.4) is 0 Å². The van der Waals surface area contributed by atoms with Gasteiger partial charge in [-0.15, -0.1) is 0 Å². The van der Waals surface area contributed by atoms with Crippen LogP contribution in [0.5, 0.6) is 0 Å². The lowest BCUT2D eigenvalue weighted by Crippen LogP contribution is -2.46. The number of rotatable bonds is 8. The van der Waals surface area contributed by atoms with E-state index in [0.29, 0.717) is 19.4 Å². The Balaban J connectivity index is 1.69. The van der Waals surface area contributed by atoms with Gasteiger partial charge in [0.05, 0.1) is 57.5 Å². The molecule has 2 heterocycles. The van der Waals surface area contributed by atoms with E-state index in [1.807, 2.05) is 0 Å². The zero-order valence-electron chi connectivity index (χ0n) is 22.1. The summed E-state index contributed by atoms with van der Waals surface area (Å²) in [4.78, 5) is 39.7. The Morgan fingerprint density at radius 1 is 1.15 bits per heavy atom. The van der Waals surface area contributed by atoms with Gasteiger partial charge in [-0.1, -0.05) is 29.3 Å². The number of amides is 1. The first-order valence-corrected chi connectivity index (χ1v) is 13.7. The number of nitrogens with zero attached hydrogens (tertiary/aromatic N) is 3. The number of ketones is 1. The molecule has 13 heteroatoms. The van der Waals surface area contributed by atoms with Gasteiger partial charge in [0.25, 0.3) is 5.91 Å². The first-order chi connectivity index (χ1) is 18.7. The van der Waals surface area contributed by atoms with Crippen molar-refractivity contribution in [3.05, 3.63) is 51.3 Å². The van der Waals surface area contributed by atoms with Crippen molar-refractivity contribution in [2.24, 2.45) is 5.41 Å². The van der Waals surface area contributed by atoms with Crippen LogP contribution >= 0.6 is 23.2 Å². The van der Waals surface area contributed by atoms with Crippen LogP contribution < -0.4 is 0 Å². The summed E-state index contributed by atoms with van der Waals surface area (Å²) in [6.45, 7) is 3.01. The van der Waals surface area contributed by atoms with Crippen LogP contribution in [0.2, 0.25) is 10.0 Å². The van der Waals surface area contributed by atoms with E-state index in [2.05, 4.69) is 5.10 Å². The minimum Gasteiger partial charge on any atom is -0.481 e. The van der Waals surface area contributed by atoms with Crippen molar-refractivity contribution in [3.8, 4) is 0 Å². The van der Waals surface area contributed by atoms with Crippen LogP contribution in [0, 0.1) is 5.41 Å². The number of halogens is 5. The highest BCUT2D eigenvalue weighted by atomic mass is 35.5. The predicted octanol–water partition coefficient (Wildman–Crippen LogP) is 6.31. The maximum absolute atomic E-state index is 14.5. The lowest BCUT2D eigenvalue weighted by molar-refractivity contribution is -0.152. The van der Waals surface area contributed by atoms with Gasteiger partial charge in [0.2, 0.25) is 0 Å². The second kappa shape index (κ2) is 11.3. The monoisotopic (exact) mass is 603 g/mol. The van der Waals surface area contributed by atoms with Gasteiger partial charge in [-0.25, -0.2) is 0 Å². The molecule has 1 amide bonds. The van der Waals surface area contributed by atoms with Crippen molar-refractivity contribution in [2.75, 3.05) is 19.7 Å². The Labute approximate surface area is 239 Å². The molecule has 0 radical (unpaired) electrons. The summed E-state index contributed by atoms with van der Waals surface area (Å²) in [5, 5.41) is 13.6. The molecule has 2 aliphatic rings. The van der Waals surface area contributed by atoms with E-state index >= 15 is 0 Å². The highest BCUT2D eigenvalue weighted by Crippen LogP contribution is 2.43. The molecule has 0 bridgehead atoms. The van der Waals surface area contributed by atoms with Crippen molar-refractivity contribution in [1.29, 1.82) is 0 Å². The van der Waals surface area contributed by atoms with Gasteiger partial charge >= 0.3 is 12.1 Å².